The molecule has 0 fully saturated rings. The number of hydrogen-bond acceptors (Lipinski definition) is 1. The van der Waals surface area contributed by atoms with E-state index in [1.54, 1.807) is 0 Å². The molecule has 0 aromatic heterocycles. The molecule has 1 aromatic rings. The number of carbonyl (C=O) groups excluding carboxylic acids is 1. The number of hydrogen-bond donors (Lipinski definition) is 1. The van der Waals surface area contributed by atoms with Crippen molar-refractivity contribution in [2.45, 2.75) is 136 Å². The van der Waals surface area contributed by atoms with E-state index in [2.05, 4.69) is 19.2 Å². The molecule has 0 atom stereocenters. The molecular weight excluding hydrogens is 440 g/mol. The third-order valence-corrected chi connectivity index (χ3v) is 7.18. The number of aryl methyl sites for hydroxylation is 1. The van der Waals surface area contributed by atoms with Crippen molar-refractivity contribution in [2.24, 2.45) is 0 Å². The molecule has 0 aliphatic rings. The molecule has 0 saturated heterocycles. The van der Waals surface area contributed by atoms with E-state index >= 15 is 0 Å². The van der Waals surface area contributed by atoms with Crippen LogP contribution in [0.15, 0.2) is 18.2 Å². The molecule has 3 nitrogen and oxygen atoms in total. The molecule has 1 N–H and O–H groups in total. The minimum Gasteiger partial charge on any atom is -0.325 e. The number of nitrogens with zero attached hydrogens (tertiary/aromatic N) is 1. The van der Waals surface area contributed by atoms with E-state index in [4.69, 9.17) is 11.6 Å². The Balaban J connectivity index is 2.37. The summed E-state index contributed by atoms with van der Waals surface area (Å²) in [5.74, 6) is 0. The Kier molecular flexibility index (Phi) is 19.1. The molecule has 34 heavy (non-hydrogen) atoms. The fourth-order valence-electron chi connectivity index (χ4n) is 4.41. The average molecular weight is 493 g/mol. The second kappa shape index (κ2) is 21.1. The molecule has 0 unspecified atom stereocenters. The van der Waals surface area contributed by atoms with Crippen LogP contribution in [0.2, 0.25) is 5.02 Å². The second-order valence-electron chi connectivity index (χ2n) is 10.0. The van der Waals surface area contributed by atoms with Gasteiger partial charge in [-0.15, -0.1) is 0 Å². The van der Waals surface area contributed by atoms with E-state index in [1.165, 1.54) is 103 Å². The lowest BCUT2D eigenvalue weighted by Crippen LogP contribution is -2.36. The molecule has 4 heteroatoms. The van der Waals surface area contributed by atoms with E-state index in [9.17, 15) is 4.79 Å². The van der Waals surface area contributed by atoms with Gasteiger partial charge in [-0.05, 0) is 37.5 Å². The van der Waals surface area contributed by atoms with Gasteiger partial charge in [0.25, 0.3) is 0 Å². The van der Waals surface area contributed by atoms with Crippen molar-refractivity contribution in [1.29, 1.82) is 0 Å². The van der Waals surface area contributed by atoms with Gasteiger partial charge in [0, 0.05) is 23.8 Å². The SMILES string of the molecule is CCCCCCCCCCCN(CCCCCCCCCCC)C(=O)Nc1ccc(C)c(Cl)c1. The van der Waals surface area contributed by atoms with Crippen LogP contribution >= 0.6 is 11.6 Å². The first-order chi connectivity index (χ1) is 16.6. The molecule has 0 spiro atoms. The van der Waals surface area contributed by atoms with Crippen molar-refractivity contribution < 1.29 is 4.79 Å². The molecule has 1 rings (SSSR count). The predicted octanol–water partition coefficient (Wildman–Crippen LogP) is 10.5. The lowest BCUT2D eigenvalue weighted by atomic mass is 10.1. The number of amides is 2. The maximum absolute atomic E-state index is 13.0. The van der Waals surface area contributed by atoms with Crippen molar-refractivity contribution in [3.8, 4) is 0 Å². The van der Waals surface area contributed by atoms with E-state index < -0.39 is 0 Å². The quantitative estimate of drug-likeness (QED) is 0.170. The first-order valence-electron chi connectivity index (χ1n) is 14.4. The Hall–Kier alpha value is -1.22. The minimum atomic E-state index is 0.0130. The Morgan fingerprint density at radius 2 is 1.12 bits per heavy atom. The number of unbranched alkanes of at least 4 members (excludes halogenated alkanes) is 16. The summed E-state index contributed by atoms with van der Waals surface area (Å²) in [6.45, 7) is 8.21. The van der Waals surface area contributed by atoms with Crippen LogP contribution < -0.4 is 5.32 Å². The van der Waals surface area contributed by atoms with Gasteiger partial charge in [0.15, 0.2) is 0 Å². The highest BCUT2D eigenvalue weighted by Crippen LogP contribution is 2.20. The van der Waals surface area contributed by atoms with Gasteiger partial charge in [-0.3, -0.25) is 0 Å². The molecule has 0 heterocycles. The first kappa shape index (κ1) is 30.8. The summed E-state index contributed by atoms with van der Waals surface area (Å²) in [5.41, 5.74) is 1.81. The Morgan fingerprint density at radius 3 is 1.53 bits per heavy atom. The maximum Gasteiger partial charge on any atom is 0.321 e. The number of benzene rings is 1. The lowest BCUT2D eigenvalue weighted by Gasteiger charge is -2.23. The van der Waals surface area contributed by atoms with E-state index in [0.29, 0.717) is 5.02 Å². The molecule has 0 saturated carbocycles. The van der Waals surface area contributed by atoms with Crippen LogP contribution in [0.3, 0.4) is 0 Å². The fraction of sp³-hybridized carbons (Fsp3) is 0.767. The number of rotatable bonds is 21. The Morgan fingerprint density at radius 1 is 0.706 bits per heavy atom. The van der Waals surface area contributed by atoms with Gasteiger partial charge >= 0.3 is 6.03 Å². The van der Waals surface area contributed by atoms with Crippen LogP contribution in [0, 0.1) is 6.92 Å². The monoisotopic (exact) mass is 492 g/mol. The van der Waals surface area contributed by atoms with E-state index in [0.717, 1.165) is 37.2 Å². The zero-order valence-electron chi connectivity index (χ0n) is 22.6. The summed E-state index contributed by atoms with van der Waals surface area (Å²) in [7, 11) is 0. The molecule has 0 bridgehead atoms. The average Bonchev–Trinajstić information content (AvgIpc) is 2.82. The van der Waals surface area contributed by atoms with Crippen molar-refractivity contribution >= 4 is 23.3 Å². The predicted molar refractivity (Wildman–Crippen MR) is 151 cm³/mol. The molecule has 1 aromatic carbocycles. The highest BCUT2D eigenvalue weighted by Gasteiger charge is 2.13. The van der Waals surface area contributed by atoms with Crippen LogP contribution in [0.1, 0.15) is 135 Å². The number of carbonyl (C=O) groups is 1. The van der Waals surface area contributed by atoms with Crippen LogP contribution in [0.4, 0.5) is 10.5 Å². The first-order valence-corrected chi connectivity index (χ1v) is 14.8. The highest BCUT2D eigenvalue weighted by atomic mass is 35.5. The minimum absolute atomic E-state index is 0.0130. The Bertz CT molecular complexity index is 612. The normalized spacial score (nSPS) is 11.1. The maximum atomic E-state index is 13.0. The molecule has 0 aliphatic heterocycles. The van der Waals surface area contributed by atoms with Crippen LogP contribution in [0.5, 0.6) is 0 Å². The Labute approximate surface area is 216 Å². The van der Waals surface area contributed by atoms with Crippen LogP contribution in [-0.4, -0.2) is 24.0 Å². The number of nitrogens with one attached hydrogen (secondary N) is 1. The van der Waals surface area contributed by atoms with Gasteiger partial charge in [-0.2, -0.15) is 0 Å². The summed E-state index contributed by atoms with van der Waals surface area (Å²) in [4.78, 5) is 15.0. The van der Waals surface area contributed by atoms with Crippen LogP contribution in [0.25, 0.3) is 0 Å². The summed E-state index contributed by atoms with van der Waals surface area (Å²) in [5, 5.41) is 3.77. The third-order valence-electron chi connectivity index (χ3n) is 6.77. The van der Waals surface area contributed by atoms with Crippen LogP contribution in [-0.2, 0) is 0 Å². The standard InChI is InChI=1S/C30H53ClN2O/c1-4-6-8-10-12-14-16-18-20-24-33(25-21-19-17-15-13-11-9-7-5-2)30(34)32-28-23-22-27(3)29(31)26-28/h22-23,26H,4-21,24-25H2,1-3H3,(H,32,34). The number of halogens is 1. The summed E-state index contributed by atoms with van der Waals surface area (Å²) >= 11 is 6.26. The van der Waals surface area contributed by atoms with Crippen molar-refractivity contribution in [3.05, 3.63) is 28.8 Å². The topological polar surface area (TPSA) is 32.3 Å². The summed E-state index contributed by atoms with van der Waals surface area (Å²) < 4.78 is 0. The molecule has 2 amide bonds. The largest absolute Gasteiger partial charge is 0.325 e. The lowest BCUT2D eigenvalue weighted by molar-refractivity contribution is 0.209. The molecular formula is C30H53ClN2O. The summed E-state index contributed by atoms with van der Waals surface area (Å²) in [6.07, 6.45) is 23.4. The molecule has 0 aliphatic carbocycles. The number of anilines is 1. The smallest absolute Gasteiger partial charge is 0.321 e. The van der Waals surface area contributed by atoms with Gasteiger partial charge in [0.05, 0.1) is 0 Å². The second-order valence-corrected chi connectivity index (χ2v) is 10.4. The fourth-order valence-corrected chi connectivity index (χ4v) is 4.60. The van der Waals surface area contributed by atoms with Crippen molar-refractivity contribution in [3.63, 3.8) is 0 Å². The van der Waals surface area contributed by atoms with Crippen molar-refractivity contribution in [2.75, 3.05) is 18.4 Å². The van der Waals surface area contributed by atoms with Gasteiger partial charge in [-0.1, -0.05) is 134 Å². The van der Waals surface area contributed by atoms with Crippen molar-refractivity contribution in [1.82, 2.24) is 4.90 Å². The van der Waals surface area contributed by atoms with E-state index in [1.807, 2.05) is 30.0 Å². The third kappa shape index (κ3) is 15.6. The molecule has 0 radical (unpaired) electrons. The molecule has 196 valence electrons. The van der Waals surface area contributed by atoms with Gasteiger partial charge in [0.2, 0.25) is 0 Å². The number of urea groups is 1. The van der Waals surface area contributed by atoms with Gasteiger partial charge in [0.1, 0.15) is 0 Å². The summed E-state index contributed by atoms with van der Waals surface area (Å²) in [6, 6.07) is 5.76. The highest BCUT2D eigenvalue weighted by molar-refractivity contribution is 6.31. The van der Waals surface area contributed by atoms with E-state index in [-0.39, 0.29) is 6.03 Å². The van der Waals surface area contributed by atoms with Gasteiger partial charge < -0.3 is 10.2 Å². The van der Waals surface area contributed by atoms with Gasteiger partial charge in [-0.25, -0.2) is 4.79 Å². The zero-order chi connectivity index (χ0) is 24.9. The zero-order valence-corrected chi connectivity index (χ0v) is 23.4.